The summed E-state index contributed by atoms with van der Waals surface area (Å²) in [6.45, 7) is 0. The maximum atomic E-state index is 9.44. The first-order valence-electron chi connectivity index (χ1n) is 14.2. The molecule has 4 N–H and O–H groups in total. The van der Waals surface area contributed by atoms with Gasteiger partial charge in [0.1, 0.15) is 22.9 Å². The predicted molar refractivity (Wildman–Crippen MR) is 183 cm³/mol. The van der Waals surface area contributed by atoms with Gasteiger partial charge in [-0.2, -0.15) is 0 Å². The molecule has 0 aliphatic rings. The third-order valence-corrected chi connectivity index (χ3v) is 6.63. The molecule has 0 fully saturated rings. The van der Waals surface area contributed by atoms with Crippen molar-refractivity contribution < 1.29 is 10.2 Å². The highest BCUT2D eigenvalue weighted by atomic mass is 16.3. The van der Waals surface area contributed by atoms with E-state index in [-0.39, 0.29) is 11.5 Å². The van der Waals surface area contributed by atoms with Gasteiger partial charge in [0.05, 0.1) is 11.4 Å². The van der Waals surface area contributed by atoms with Crippen LogP contribution in [0.2, 0.25) is 0 Å². The van der Waals surface area contributed by atoms with Gasteiger partial charge >= 0.3 is 0 Å². The van der Waals surface area contributed by atoms with Crippen LogP contribution in [-0.4, -0.2) is 10.2 Å². The molecule has 0 bridgehead atoms. The lowest BCUT2D eigenvalue weighted by molar-refractivity contribution is 0.474. The lowest BCUT2D eigenvalue weighted by Crippen LogP contribution is -1.79. The maximum Gasteiger partial charge on any atom is 0.143 e. The van der Waals surface area contributed by atoms with Gasteiger partial charge in [-0.15, -0.1) is 20.5 Å². The van der Waals surface area contributed by atoms with E-state index in [1.54, 1.807) is 36.4 Å². The van der Waals surface area contributed by atoms with E-state index >= 15 is 0 Å². The van der Waals surface area contributed by atoms with E-state index in [1.807, 2.05) is 78.9 Å². The molecule has 45 heavy (non-hydrogen) atoms. The second-order valence-corrected chi connectivity index (χ2v) is 9.78. The fraction of sp³-hybridized carbons (Fsp3) is 0. The highest BCUT2D eigenvalue weighted by molar-refractivity contribution is 5.93. The van der Waals surface area contributed by atoms with E-state index in [1.165, 1.54) is 22.9 Å². The van der Waals surface area contributed by atoms with E-state index in [9.17, 15) is 10.2 Å². The smallest absolute Gasteiger partial charge is 0.143 e. The largest absolute Gasteiger partial charge is 0.506 e. The van der Waals surface area contributed by atoms with Crippen LogP contribution in [0.15, 0.2) is 184 Å². The molecular weight excluding hydrogens is 558 g/mol. The molecular formula is C38H31N5O2. The van der Waals surface area contributed by atoms with E-state index < -0.39 is 0 Å². The van der Waals surface area contributed by atoms with Gasteiger partial charge in [0.2, 0.25) is 0 Å². The van der Waals surface area contributed by atoms with Crippen molar-refractivity contribution in [3.8, 4) is 11.5 Å². The molecule has 0 aromatic heterocycles. The van der Waals surface area contributed by atoms with Gasteiger partial charge in [0, 0.05) is 16.5 Å². The van der Waals surface area contributed by atoms with E-state index in [4.69, 9.17) is 5.73 Å². The Labute approximate surface area is 261 Å². The van der Waals surface area contributed by atoms with Crippen molar-refractivity contribution in [3.63, 3.8) is 0 Å². The Morgan fingerprint density at radius 2 is 0.667 bits per heavy atom. The highest BCUT2D eigenvalue weighted by Gasteiger charge is 2.02. The molecule has 0 saturated heterocycles. The predicted octanol–water partition coefficient (Wildman–Crippen LogP) is 11.2. The molecule has 0 heterocycles. The second kappa shape index (κ2) is 15.2. The first-order valence-corrected chi connectivity index (χ1v) is 14.2. The SMILES string of the molecule is Nc1ccccc1.Oc1ccccc1N=Nc1ccccc1O.c1ccc2c(N=Nc3cccc4ccccc34)cccc2c1. The number of rotatable bonds is 4. The zero-order valence-corrected chi connectivity index (χ0v) is 24.3. The second-order valence-electron chi connectivity index (χ2n) is 9.78. The summed E-state index contributed by atoms with van der Waals surface area (Å²) < 4.78 is 0. The molecule has 0 aliphatic carbocycles. The molecule has 0 unspecified atom stereocenters. The Hall–Kier alpha value is -6.34. The monoisotopic (exact) mass is 589 g/mol. The normalized spacial score (nSPS) is 10.8. The molecule has 7 nitrogen and oxygen atoms in total. The maximum absolute atomic E-state index is 9.44. The number of benzene rings is 7. The summed E-state index contributed by atoms with van der Waals surface area (Å²) >= 11 is 0. The van der Waals surface area contributed by atoms with E-state index in [0.717, 1.165) is 27.8 Å². The molecule has 0 amide bonds. The number of fused-ring (bicyclic) bond motifs is 2. The molecule has 0 saturated carbocycles. The van der Waals surface area contributed by atoms with Crippen molar-refractivity contribution >= 4 is 50.0 Å². The minimum atomic E-state index is 0.0571. The van der Waals surface area contributed by atoms with Crippen LogP contribution >= 0.6 is 0 Å². The number of nitrogens with two attached hydrogens (primary N) is 1. The minimum absolute atomic E-state index is 0.0571. The van der Waals surface area contributed by atoms with Crippen LogP contribution in [0.25, 0.3) is 21.5 Å². The molecule has 7 rings (SSSR count). The Morgan fingerprint density at radius 3 is 1.09 bits per heavy atom. The van der Waals surface area contributed by atoms with Crippen LogP contribution < -0.4 is 5.73 Å². The van der Waals surface area contributed by atoms with Gasteiger partial charge in [-0.1, -0.05) is 115 Å². The zero-order chi connectivity index (χ0) is 31.3. The molecule has 0 atom stereocenters. The standard InChI is InChI=1S/C20H14N2.C12H10N2O2.C6H7N/c1-3-11-17-15(7-1)9-5-13-19(17)21-22-20-14-6-10-16-8-2-4-12-18(16)20;15-11-7-3-1-5-9(11)13-14-10-6-2-4-8-12(10)16;7-6-4-2-1-3-5-6/h1-14H;1-8,15-16H;1-5H,7H2. The summed E-state index contributed by atoms with van der Waals surface area (Å²) in [5, 5.41) is 40.1. The van der Waals surface area contributed by atoms with Crippen molar-refractivity contribution in [2.24, 2.45) is 20.5 Å². The fourth-order valence-electron chi connectivity index (χ4n) is 4.36. The number of nitrogen functional groups attached to an aromatic ring is 1. The summed E-state index contributed by atoms with van der Waals surface area (Å²) in [5.41, 5.74) is 8.70. The third kappa shape index (κ3) is 8.37. The quantitative estimate of drug-likeness (QED) is 0.140. The lowest BCUT2D eigenvalue weighted by Gasteiger charge is -2.02. The molecule has 0 radical (unpaired) electrons. The van der Waals surface area contributed by atoms with E-state index in [0.29, 0.717) is 11.4 Å². The number of hydrogen-bond acceptors (Lipinski definition) is 7. The summed E-state index contributed by atoms with van der Waals surface area (Å²) in [6.07, 6.45) is 0. The number of para-hydroxylation sites is 3. The number of phenols is 2. The number of azo groups is 2. The number of hydrogen-bond donors (Lipinski definition) is 3. The number of aromatic hydroxyl groups is 2. The van der Waals surface area contributed by atoms with Crippen LogP contribution in [0.4, 0.5) is 28.4 Å². The number of phenolic OH excluding ortho intramolecular Hbond substituents is 2. The van der Waals surface area contributed by atoms with Crippen LogP contribution in [-0.2, 0) is 0 Å². The summed E-state index contributed by atoms with van der Waals surface area (Å²) in [5.74, 6) is 0.114. The average Bonchev–Trinajstić information content (AvgIpc) is 3.08. The van der Waals surface area contributed by atoms with Gasteiger partial charge in [-0.25, -0.2) is 0 Å². The van der Waals surface area contributed by atoms with Crippen LogP contribution in [0.5, 0.6) is 11.5 Å². The highest BCUT2D eigenvalue weighted by Crippen LogP contribution is 2.32. The molecule has 0 aliphatic heterocycles. The first kappa shape index (κ1) is 30.1. The fourth-order valence-corrected chi connectivity index (χ4v) is 4.36. The Balaban J connectivity index is 0.000000152. The minimum Gasteiger partial charge on any atom is -0.506 e. The van der Waals surface area contributed by atoms with Crippen molar-refractivity contribution in [2.45, 2.75) is 0 Å². The van der Waals surface area contributed by atoms with Gasteiger partial charge in [-0.05, 0) is 59.3 Å². The first-order chi connectivity index (χ1) is 22.1. The Kier molecular flexibility index (Phi) is 10.2. The van der Waals surface area contributed by atoms with Crippen LogP contribution in [0, 0.1) is 0 Å². The van der Waals surface area contributed by atoms with Crippen molar-refractivity contribution in [1.82, 2.24) is 0 Å². The Morgan fingerprint density at radius 1 is 0.333 bits per heavy atom. The number of anilines is 1. The molecule has 7 aromatic carbocycles. The zero-order valence-electron chi connectivity index (χ0n) is 24.3. The van der Waals surface area contributed by atoms with Crippen LogP contribution in [0.3, 0.4) is 0 Å². The summed E-state index contributed by atoms with van der Waals surface area (Å²) in [6, 6.07) is 51.4. The molecule has 220 valence electrons. The van der Waals surface area contributed by atoms with Crippen molar-refractivity contribution in [3.05, 3.63) is 164 Å². The molecule has 7 heteroatoms. The van der Waals surface area contributed by atoms with Gasteiger partial charge in [0.15, 0.2) is 0 Å². The number of nitrogens with zero attached hydrogens (tertiary/aromatic N) is 4. The summed E-state index contributed by atoms with van der Waals surface area (Å²) in [4.78, 5) is 0. The summed E-state index contributed by atoms with van der Waals surface area (Å²) in [7, 11) is 0. The Bertz CT molecular complexity index is 1920. The van der Waals surface area contributed by atoms with Gasteiger partial charge in [0.25, 0.3) is 0 Å². The lowest BCUT2D eigenvalue weighted by atomic mass is 10.1. The molecule has 7 aromatic rings. The topological polar surface area (TPSA) is 116 Å². The van der Waals surface area contributed by atoms with Crippen LogP contribution in [0.1, 0.15) is 0 Å². The van der Waals surface area contributed by atoms with Gasteiger partial charge in [-0.3, -0.25) is 0 Å². The van der Waals surface area contributed by atoms with E-state index in [2.05, 4.69) is 56.9 Å². The van der Waals surface area contributed by atoms with Crippen molar-refractivity contribution in [2.75, 3.05) is 5.73 Å². The van der Waals surface area contributed by atoms with Crippen molar-refractivity contribution in [1.29, 1.82) is 0 Å². The average molecular weight is 590 g/mol. The molecule has 0 spiro atoms. The van der Waals surface area contributed by atoms with Gasteiger partial charge < -0.3 is 15.9 Å². The third-order valence-electron chi connectivity index (χ3n) is 6.63.